The van der Waals surface area contributed by atoms with Crippen LogP contribution in [0.1, 0.15) is 31.0 Å². The minimum absolute atomic E-state index is 0.311. The molecule has 21 heavy (non-hydrogen) atoms. The number of hydrogen-bond acceptors (Lipinski definition) is 2. The van der Waals surface area contributed by atoms with Crippen LogP contribution in [-0.2, 0) is 0 Å². The maximum absolute atomic E-state index is 3.61. The van der Waals surface area contributed by atoms with Crippen LogP contribution in [-0.4, -0.2) is 13.6 Å². The molecular formula is C18H23BrN2. The van der Waals surface area contributed by atoms with Gasteiger partial charge in [0, 0.05) is 28.4 Å². The molecule has 1 N–H and O–H groups in total. The maximum atomic E-state index is 3.61. The fourth-order valence-corrected chi connectivity index (χ4v) is 2.96. The standard InChI is InChI=1S/C18H23BrN2/c1-5-21(17-9-7-6-8-13(17)2)18-12-15(19)10-11-16(18)14(3)20-4/h6-12,14,20H,5H2,1-4H3. The van der Waals surface area contributed by atoms with Crippen LogP contribution in [0.4, 0.5) is 11.4 Å². The van der Waals surface area contributed by atoms with Crippen LogP contribution in [0, 0.1) is 6.92 Å². The van der Waals surface area contributed by atoms with Crippen molar-refractivity contribution in [2.75, 3.05) is 18.5 Å². The Hall–Kier alpha value is -1.32. The summed E-state index contributed by atoms with van der Waals surface area (Å²) in [6.45, 7) is 7.49. The van der Waals surface area contributed by atoms with Gasteiger partial charge in [-0.2, -0.15) is 0 Å². The average Bonchev–Trinajstić information content (AvgIpc) is 2.49. The Balaban J connectivity index is 2.57. The van der Waals surface area contributed by atoms with Gasteiger partial charge in [-0.1, -0.05) is 40.2 Å². The van der Waals surface area contributed by atoms with E-state index in [0.29, 0.717) is 6.04 Å². The van der Waals surface area contributed by atoms with Crippen molar-refractivity contribution in [1.29, 1.82) is 0 Å². The number of nitrogens with zero attached hydrogens (tertiary/aromatic N) is 1. The lowest BCUT2D eigenvalue weighted by atomic mass is 10.0. The van der Waals surface area contributed by atoms with Crippen LogP contribution < -0.4 is 10.2 Å². The van der Waals surface area contributed by atoms with Gasteiger partial charge in [0.05, 0.1) is 0 Å². The molecule has 3 heteroatoms. The molecule has 112 valence electrons. The number of benzene rings is 2. The summed E-state index contributed by atoms with van der Waals surface area (Å²) in [7, 11) is 2.00. The smallest absolute Gasteiger partial charge is 0.0470 e. The Kier molecular flexibility index (Phi) is 5.43. The van der Waals surface area contributed by atoms with Crippen molar-refractivity contribution in [2.24, 2.45) is 0 Å². The van der Waals surface area contributed by atoms with Crippen LogP contribution >= 0.6 is 15.9 Å². The fraction of sp³-hybridized carbons (Fsp3) is 0.333. The molecule has 2 rings (SSSR count). The molecule has 0 saturated heterocycles. The number of halogens is 1. The fourth-order valence-electron chi connectivity index (χ4n) is 2.61. The van der Waals surface area contributed by atoms with Crippen molar-refractivity contribution >= 4 is 27.3 Å². The third-order valence-corrected chi connectivity index (χ3v) is 4.40. The van der Waals surface area contributed by atoms with Crippen molar-refractivity contribution in [3.05, 3.63) is 58.1 Å². The molecule has 1 unspecified atom stereocenters. The molecule has 0 aliphatic heterocycles. The summed E-state index contributed by atoms with van der Waals surface area (Å²) < 4.78 is 1.11. The van der Waals surface area contributed by atoms with Crippen molar-refractivity contribution in [1.82, 2.24) is 5.32 Å². The Labute approximate surface area is 136 Å². The molecule has 0 spiro atoms. The summed E-state index contributed by atoms with van der Waals surface area (Å²) >= 11 is 3.61. The van der Waals surface area contributed by atoms with Gasteiger partial charge >= 0.3 is 0 Å². The number of nitrogens with one attached hydrogen (secondary N) is 1. The van der Waals surface area contributed by atoms with Crippen LogP contribution in [0.15, 0.2) is 46.9 Å². The van der Waals surface area contributed by atoms with Crippen molar-refractivity contribution in [3.63, 3.8) is 0 Å². The summed E-state index contributed by atoms with van der Waals surface area (Å²) in [6, 6.07) is 15.4. The Morgan fingerprint density at radius 1 is 1.14 bits per heavy atom. The zero-order valence-electron chi connectivity index (χ0n) is 13.2. The predicted molar refractivity (Wildman–Crippen MR) is 95.5 cm³/mol. The van der Waals surface area contributed by atoms with E-state index < -0.39 is 0 Å². The van der Waals surface area contributed by atoms with Gasteiger partial charge in [0.1, 0.15) is 0 Å². The first kappa shape index (κ1) is 16.1. The molecular weight excluding hydrogens is 324 g/mol. The first-order valence-electron chi connectivity index (χ1n) is 7.38. The minimum atomic E-state index is 0.311. The van der Waals surface area contributed by atoms with Gasteiger partial charge in [-0.3, -0.25) is 0 Å². The van der Waals surface area contributed by atoms with E-state index in [-0.39, 0.29) is 0 Å². The van der Waals surface area contributed by atoms with E-state index in [2.05, 4.69) is 89.4 Å². The lowest BCUT2D eigenvalue weighted by Gasteiger charge is -2.29. The molecule has 0 aliphatic carbocycles. The zero-order chi connectivity index (χ0) is 15.4. The second-order valence-corrected chi connectivity index (χ2v) is 6.16. The topological polar surface area (TPSA) is 15.3 Å². The van der Waals surface area contributed by atoms with Gasteiger partial charge < -0.3 is 10.2 Å². The van der Waals surface area contributed by atoms with E-state index in [4.69, 9.17) is 0 Å². The number of aryl methyl sites for hydroxylation is 1. The highest BCUT2D eigenvalue weighted by atomic mass is 79.9. The third kappa shape index (κ3) is 3.47. The second kappa shape index (κ2) is 7.10. The van der Waals surface area contributed by atoms with Gasteiger partial charge in [0.15, 0.2) is 0 Å². The second-order valence-electron chi connectivity index (χ2n) is 5.24. The molecule has 0 amide bonds. The van der Waals surface area contributed by atoms with Crippen molar-refractivity contribution < 1.29 is 0 Å². The van der Waals surface area contributed by atoms with E-state index in [1.165, 1.54) is 22.5 Å². The van der Waals surface area contributed by atoms with E-state index >= 15 is 0 Å². The molecule has 0 saturated carbocycles. The highest BCUT2D eigenvalue weighted by Crippen LogP contribution is 2.35. The van der Waals surface area contributed by atoms with Crippen molar-refractivity contribution in [3.8, 4) is 0 Å². The van der Waals surface area contributed by atoms with E-state index in [1.807, 2.05) is 7.05 Å². The Bertz CT molecular complexity index is 610. The molecule has 0 bridgehead atoms. The van der Waals surface area contributed by atoms with Gasteiger partial charge in [-0.15, -0.1) is 0 Å². The van der Waals surface area contributed by atoms with E-state index in [9.17, 15) is 0 Å². The molecule has 0 aromatic heterocycles. The van der Waals surface area contributed by atoms with E-state index in [1.54, 1.807) is 0 Å². The molecule has 1 atom stereocenters. The Morgan fingerprint density at radius 2 is 1.86 bits per heavy atom. The monoisotopic (exact) mass is 346 g/mol. The van der Waals surface area contributed by atoms with Crippen LogP contribution in [0.3, 0.4) is 0 Å². The number of anilines is 2. The van der Waals surface area contributed by atoms with Crippen LogP contribution in [0.25, 0.3) is 0 Å². The summed E-state index contributed by atoms with van der Waals surface area (Å²) in [5.74, 6) is 0. The highest BCUT2D eigenvalue weighted by molar-refractivity contribution is 9.10. The van der Waals surface area contributed by atoms with Gasteiger partial charge in [0.25, 0.3) is 0 Å². The van der Waals surface area contributed by atoms with Gasteiger partial charge in [0.2, 0.25) is 0 Å². The summed E-state index contributed by atoms with van der Waals surface area (Å²) in [5, 5.41) is 3.34. The summed E-state index contributed by atoms with van der Waals surface area (Å²) in [4.78, 5) is 2.38. The quantitative estimate of drug-likeness (QED) is 0.800. The molecule has 0 heterocycles. The lowest BCUT2D eigenvalue weighted by molar-refractivity contribution is 0.651. The van der Waals surface area contributed by atoms with Crippen LogP contribution in [0.5, 0.6) is 0 Å². The molecule has 2 nitrogen and oxygen atoms in total. The minimum Gasteiger partial charge on any atom is -0.341 e. The Morgan fingerprint density at radius 3 is 2.48 bits per heavy atom. The highest BCUT2D eigenvalue weighted by Gasteiger charge is 2.16. The normalized spacial score (nSPS) is 12.2. The molecule has 0 aliphatic rings. The first-order valence-corrected chi connectivity index (χ1v) is 8.17. The number of para-hydroxylation sites is 1. The molecule has 2 aromatic rings. The molecule has 0 radical (unpaired) electrons. The van der Waals surface area contributed by atoms with Crippen LogP contribution in [0.2, 0.25) is 0 Å². The third-order valence-electron chi connectivity index (χ3n) is 3.91. The molecule has 0 fully saturated rings. The number of rotatable bonds is 5. The molecule has 2 aromatic carbocycles. The largest absolute Gasteiger partial charge is 0.341 e. The predicted octanol–water partition coefficient (Wildman–Crippen LogP) is 5.20. The van der Waals surface area contributed by atoms with Crippen molar-refractivity contribution in [2.45, 2.75) is 26.8 Å². The van der Waals surface area contributed by atoms with E-state index in [0.717, 1.165) is 11.0 Å². The summed E-state index contributed by atoms with van der Waals surface area (Å²) in [5.41, 5.74) is 5.12. The average molecular weight is 347 g/mol. The SMILES string of the molecule is CCN(c1ccccc1C)c1cc(Br)ccc1C(C)NC. The zero-order valence-corrected chi connectivity index (χ0v) is 14.7. The van der Waals surface area contributed by atoms with Gasteiger partial charge in [-0.25, -0.2) is 0 Å². The first-order chi connectivity index (χ1) is 10.1. The maximum Gasteiger partial charge on any atom is 0.0470 e. The lowest BCUT2D eigenvalue weighted by Crippen LogP contribution is -2.22. The number of hydrogen-bond donors (Lipinski definition) is 1. The summed E-state index contributed by atoms with van der Waals surface area (Å²) in [6.07, 6.45) is 0. The van der Waals surface area contributed by atoms with Gasteiger partial charge in [-0.05, 0) is 57.1 Å².